The van der Waals surface area contributed by atoms with E-state index in [1.807, 2.05) is 0 Å². The predicted octanol–water partition coefficient (Wildman–Crippen LogP) is 4.91. The number of benzene rings is 1. The topological polar surface area (TPSA) is 15.3 Å². The molecule has 0 aliphatic rings. The van der Waals surface area contributed by atoms with Crippen LogP contribution < -0.4 is 5.32 Å². The first kappa shape index (κ1) is 17.0. The summed E-state index contributed by atoms with van der Waals surface area (Å²) >= 11 is 0. The van der Waals surface area contributed by atoms with Crippen LogP contribution in [-0.2, 0) is 6.54 Å². The van der Waals surface area contributed by atoms with Crippen LogP contribution in [0.3, 0.4) is 0 Å². The summed E-state index contributed by atoms with van der Waals surface area (Å²) in [6.07, 6.45) is 5.01. The summed E-state index contributed by atoms with van der Waals surface area (Å²) in [4.78, 5) is 2.45. The number of hydrogen-bond acceptors (Lipinski definition) is 2. The van der Waals surface area contributed by atoms with Crippen LogP contribution in [-0.4, -0.2) is 24.0 Å². The highest BCUT2D eigenvalue weighted by Gasteiger charge is 2.07. The first-order valence-corrected chi connectivity index (χ1v) is 8.31. The monoisotopic (exact) mass is 276 g/mol. The minimum Gasteiger partial charge on any atom is -0.382 e. The number of anilines is 1. The van der Waals surface area contributed by atoms with Gasteiger partial charge in [0.2, 0.25) is 0 Å². The second-order valence-electron chi connectivity index (χ2n) is 5.58. The minimum absolute atomic E-state index is 0.619. The van der Waals surface area contributed by atoms with Crippen LogP contribution in [0.4, 0.5) is 5.69 Å². The largest absolute Gasteiger partial charge is 0.382 e. The number of nitrogens with one attached hydrogen (secondary N) is 1. The van der Waals surface area contributed by atoms with Crippen LogP contribution in [0.25, 0.3) is 0 Å². The maximum absolute atomic E-state index is 3.71. The molecule has 0 bridgehead atoms. The van der Waals surface area contributed by atoms with E-state index in [1.54, 1.807) is 0 Å². The molecule has 0 saturated carbocycles. The van der Waals surface area contributed by atoms with Crippen molar-refractivity contribution in [2.75, 3.05) is 18.4 Å². The highest BCUT2D eigenvalue weighted by atomic mass is 15.1. The summed E-state index contributed by atoms with van der Waals surface area (Å²) in [5.41, 5.74) is 2.69. The lowest BCUT2D eigenvalue weighted by Crippen LogP contribution is -2.22. The van der Waals surface area contributed by atoms with Gasteiger partial charge in [-0.3, -0.25) is 4.90 Å². The van der Waals surface area contributed by atoms with E-state index in [2.05, 4.69) is 62.2 Å². The molecule has 20 heavy (non-hydrogen) atoms. The van der Waals surface area contributed by atoms with E-state index >= 15 is 0 Å². The molecule has 0 amide bonds. The number of nitrogens with zero attached hydrogens (tertiary/aromatic N) is 1. The molecule has 1 N–H and O–H groups in total. The molecule has 0 aliphatic heterocycles. The fourth-order valence-electron chi connectivity index (χ4n) is 2.69. The van der Waals surface area contributed by atoms with E-state index in [-0.39, 0.29) is 0 Å². The van der Waals surface area contributed by atoms with E-state index in [4.69, 9.17) is 0 Å². The van der Waals surface area contributed by atoms with E-state index in [9.17, 15) is 0 Å². The Bertz CT molecular complexity index is 352. The average Bonchev–Trinajstić information content (AvgIpc) is 2.46. The van der Waals surface area contributed by atoms with Crippen LogP contribution >= 0.6 is 0 Å². The van der Waals surface area contributed by atoms with Crippen molar-refractivity contribution in [2.24, 2.45) is 0 Å². The molecule has 0 aliphatic carbocycles. The van der Waals surface area contributed by atoms with Crippen molar-refractivity contribution in [1.29, 1.82) is 0 Å². The zero-order chi connectivity index (χ0) is 14.8. The van der Waals surface area contributed by atoms with Crippen molar-refractivity contribution in [3.8, 4) is 0 Å². The average molecular weight is 276 g/mol. The van der Waals surface area contributed by atoms with Gasteiger partial charge in [-0.1, -0.05) is 52.7 Å². The smallest absolute Gasteiger partial charge is 0.0345 e. The van der Waals surface area contributed by atoms with Crippen molar-refractivity contribution in [3.05, 3.63) is 29.8 Å². The van der Waals surface area contributed by atoms with Crippen LogP contribution in [0.1, 0.15) is 58.9 Å². The Morgan fingerprint density at radius 3 is 2.20 bits per heavy atom. The van der Waals surface area contributed by atoms with Gasteiger partial charge in [-0.05, 0) is 43.6 Å². The molecule has 0 spiro atoms. The van der Waals surface area contributed by atoms with Crippen molar-refractivity contribution < 1.29 is 0 Å². The molecule has 1 aromatic carbocycles. The van der Waals surface area contributed by atoms with Crippen LogP contribution in [0, 0.1) is 0 Å². The summed E-state index contributed by atoms with van der Waals surface area (Å²) in [7, 11) is 0. The van der Waals surface area contributed by atoms with Crippen molar-refractivity contribution in [1.82, 2.24) is 4.90 Å². The number of hydrogen-bond donors (Lipinski definition) is 1. The van der Waals surface area contributed by atoms with Crippen molar-refractivity contribution >= 4 is 5.69 Å². The Kier molecular flexibility index (Phi) is 8.36. The van der Waals surface area contributed by atoms with Crippen LogP contribution in [0.15, 0.2) is 24.3 Å². The van der Waals surface area contributed by atoms with Crippen LogP contribution in [0.2, 0.25) is 0 Å². The first-order chi connectivity index (χ1) is 9.73. The predicted molar refractivity (Wildman–Crippen MR) is 90.3 cm³/mol. The minimum atomic E-state index is 0.619. The van der Waals surface area contributed by atoms with Crippen molar-refractivity contribution in [2.45, 2.75) is 66.0 Å². The van der Waals surface area contributed by atoms with Gasteiger partial charge in [0.05, 0.1) is 0 Å². The summed E-state index contributed by atoms with van der Waals surface area (Å²) in [6, 6.07) is 9.54. The van der Waals surface area contributed by atoms with Gasteiger partial charge < -0.3 is 5.32 Å². The molecule has 0 saturated heterocycles. The molecule has 2 nitrogen and oxygen atoms in total. The molecule has 114 valence electrons. The van der Waals surface area contributed by atoms with Gasteiger partial charge in [-0.2, -0.15) is 0 Å². The Balaban J connectivity index is 2.66. The molecule has 1 aromatic rings. The van der Waals surface area contributed by atoms with Gasteiger partial charge in [0.25, 0.3) is 0 Å². The fourth-order valence-corrected chi connectivity index (χ4v) is 2.69. The molecule has 0 unspecified atom stereocenters. The number of rotatable bonds is 10. The Morgan fingerprint density at radius 1 is 1.00 bits per heavy atom. The molecular formula is C18H32N2. The van der Waals surface area contributed by atoms with Gasteiger partial charge >= 0.3 is 0 Å². The first-order valence-electron chi connectivity index (χ1n) is 8.31. The highest BCUT2D eigenvalue weighted by Crippen LogP contribution is 2.17. The van der Waals surface area contributed by atoms with E-state index in [0.29, 0.717) is 6.04 Å². The van der Waals surface area contributed by atoms with Gasteiger partial charge in [0.1, 0.15) is 0 Å². The maximum atomic E-state index is 3.71. The van der Waals surface area contributed by atoms with Gasteiger partial charge in [0, 0.05) is 18.3 Å². The Labute approximate surface area is 125 Å². The Hall–Kier alpha value is -1.02. The lowest BCUT2D eigenvalue weighted by Gasteiger charge is -2.21. The normalized spacial score (nSPS) is 11.3. The molecular weight excluding hydrogens is 244 g/mol. The van der Waals surface area contributed by atoms with E-state index in [0.717, 1.165) is 19.6 Å². The molecule has 0 radical (unpaired) electrons. The third-order valence-corrected chi connectivity index (χ3v) is 3.87. The molecule has 2 heteroatoms. The molecule has 0 atom stereocenters. The lowest BCUT2D eigenvalue weighted by molar-refractivity contribution is 0.296. The summed E-state index contributed by atoms with van der Waals surface area (Å²) in [6.45, 7) is 12.3. The standard InChI is InChI=1S/C18H32N2/c1-5-10-17(11-6-2)19-18-13-9-12-16(14-18)15-20(7-3)8-4/h9,12-14,17,19H,5-8,10-11,15H2,1-4H3. The summed E-state index contributed by atoms with van der Waals surface area (Å²) in [5.74, 6) is 0. The highest BCUT2D eigenvalue weighted by molar-refractivity contribution is 5.46. The zero-order valence-corrected chi connectivity index (χ0v) is 13.8. The van der Waals surface area contributed by atoms with Gasteiger partial charge in [0.15, 0.2) is 0 Å². The summed E-state index contributed by atoms with van der Waals surface area (Å²) in [5, 5.41) is 3.71. The van der Waals surface area contributed by atoms with Gasteiger partial charge in [-0.15, -0.1) is 0 Å². The fraction of sp³-hybridized carbons (Fsp3) is 0.667. The van der Waals surface area contributed by atoms with Gasteiger partial charge in [-0.25, -0.2) is 0 Å². The van der Waals surface area contributed by atoms with Crippen LogP contribution in [0.5, 0.6) is 0 Å². The molecule has 1 rings (SSSR count). The van der Waals surface area contributed by atoms with E-state index in [1.165, 1.54) is 36.9 Å². The maximum Gasteiger partial charge on any atom is 0.0345 e. The molecule has 0 aromatic heterocycles. The second-order valence-corrected chi connectivity index (χ2v) is 5.58. The third-order valence-electron chi connectivity index (χ3n) is 3.87. The van der Waals surface area contributed by atoms with Crippen molar-refractivity contribution in [3.63, 3.8) is 0 Å². The lowest BCUT2D eigenvalue weighted by atomic mass is 10.1. The summed E-state index contributed by atoms with van der Waals surface area (Å²) < 4.78 is 0. The molecule has 0 heterocycles. The molecule has 0 fully saturated rings. The zero-order valence-electron chi connectivity index (χ0n) is 13.8. The second kappa shape index (κ2) is 9.82. The SMILES string of the molecule is CCCC(CCC)Nc1cccc(CN(CC)CC)c1. The quantitative estimate of drug-likeness (QED) is 0.653. The van der Waals surface area contributed by atoms with E-state index < -0.39 is 0 Å². The third kappa shape index (κ3) is 5.96. The Morgan fingerprint density at radius 2 is 1.65 bits per heavy atom.